The van der Waals surface area contributed by atoms with Gasteiger partial charge in [-0.25, -0.2) is 0 Å². The third kappa shape index (κ3) is 2.06. The number of aryl methyl sites for hydroxylation is 1. The van der Waals surface area contributed by atoms with Gasteiger partial charge in [-0.3, -0.25) is 4.98 Å². The number of benzene rings is 1. The van der Waals surface area contributed by atoms with Crippen LogP contribution in [-0.4, -0.2) is 4.98 Å². The van der Waals surface area contributed by atoms with Crippen LogP contribution in [0.1, 0.15) is 11.3 Å². The Bertz CT molecular complexity index is 561. The molecule has 0 N–H and O–H groups in total. The monoisotopic (exact) mass is 251 g/mol. The summed E-state index contributed by atoms with van der Waals surface area (Å²) in [7, 11) is 0. The lowest BCUT2D eigenvalue weighted by Gasteiger charge is -2.09. The molecule has 1 heterocycles. The standard InChI is InChI=1S/C13H11Cl2N/c1-8(14)7-11-9(2)16-12-6-4-3-5-10(12)13(11)15/h3-6H,1,7H2,2H3. The molecule has 0 unspecified atom stereocenters. The highest BCUT2D eigenvalue weighted by molar-refractivity contribution is 6.36. The lowest BCUT2D eigenvalue weighted by atomic mass is 10.1. The van der Waals surface area contributed by atoms with Crippen molar-refractivity contribution in [2.75, 3.05) is 0 Å². The van der Waals surface area contributed by atoms with Crippen LogP contribution in [0.15, 0.2) is 35.9 Å². The molecule has 0 aliphatic heterocycles. The van der Waals surface area contributed by atoms with Crippen molar-refractivity contribution in [3.63, 3.8) is 0 Å². The molecule has 0 aliphatic rings. The molecule has 1 aromatic carbocycles. The minimum absolute atomic E-state index is 0.560. The Morgan fingerprint density at radius 2 is 2.06 bits per heavy atom. The second kappa shape index (κ2) is 4.44. The second-order valence-electron chi connectivity index (χ2n) is 3.70. The largest absolute Gasteiger partial charge is 0.253 e. The van der Waals surface area contributed by atoms with E-state index in [2.05, 4.69) is 11.6 Å². The number of allylic oxidation sites excluding steroid dienone is 1. The van der Waals surface area contributed by atoms with Gasteiger partial charge in [-0.1, -0.05) is 48.0 Å². The van der Waals surface area contributed by atoms with E-state index in [1.165, 1.54) is 0 Å². The van der Waals surface area contributed by atoms with E-state index in [0.29, 0.717) is 11.5 Å². The molecule has 16 heavy (non-hydrogen) atoms. The maximum absolute atomic E-state index is 6.35. The van der Waals surface area contributed by atoms with Crippen molar-refractivity contribution in [1.82, 2.24) is 4.98 Å². The number of hydrogen-bond donors (Lipinski definition) is 0. The van der Waals surface area contributed by atoms with E-state index in [4.69, 9.17) is 23.2 Å². The summed E-state index contributed by atoms with van der Waals surface area (Å²) in [5, 5.41) is 2.26. The highest BCUT2D eigenvalue weighted by Gasteiger charge is 2.10. The molecule has 0 saturated carbocycles. The third-order valence-electron chi connectivity index (χ3n) is 2.50. The van der Waals surface area contributed by atoms with Gasteiger partial charge in [0.25, 0.3) is 0 Å². The van der Waals surface area contributed by atoms with Gasteiger partial charge in [0.15, 0.2) is 0 Å². The van der Waals surface area contributed by atoms with Gasteiger partial charge < -0.3 is 0 Å². The zero-order chi connectivity index (χ0) is 11.7. The van der Waals surface area contributed by atoms with Gasteiger partial charge in [-0.05, 0) is 18.6 Å². The number of nitrogens with zero attached hydrogens (tertiary/aromatic N) is 1. The maximum Gasteiger partial charge on any atom is 0.0720 e. The van der Waals surface area contributed by atoms with Gasteiger partial charge in [0.05, 0.1) is 10.5 Å². The number of para-hydroxylation sites is 1. The zero-order valence-electron chi connectivity index (χ0n) is 8.93. The van der Waals surface area contributed by atoms with Crippen molar-refractivity contribution < 1.29 is 0 Å². The van der Waals surface area contributed by atoms with Crippen LogP contribution in [0.25, 0.3) is 10.9 Å². The summed E-state index contributed by atoms with van der Waals surface area (Å²) < 4.78 is 0. The van der Waals surface area contributed by atoms with Crippen LogP contribution in [-0.2, 0) is 6.42 Å². The molecule has 1 nitrogen and oxygen atoms in total. The average molecular weight is 252 g/mol. The van der Waals surface area contributed by atoms with E-state index in [9.17, 15) is 0 Å². The Morgan fingerprint density at radius 3 is 2.75 bits per heavy atom. The van der Waals surface area contributed by atoms with Crippen molar-refractivity contribution in [2.45, 2.75) is 13.3 Å². The Balaban J connectivity index is 2.70. The van der Waals surface area contributed by atoms with Crippen LogP contribution < -0.4 is 0 Å². The van der Waals surface area contributed by atoms with Crippen LogP contribution in [0.4, 0.5) is 0 Å². The first kappa shape index (κ1) is 11.4. The number of rotatable bonds is 2. The molecular formula is C13H11Cl2N. The number of fused-ring (bicyclic) bond motifs is 1. The first-order chi connectivity index (χ1) is 7.59. The van der Waals surface area contributed by atoms with E-state index in [1.54, 1.807) is 0 Å². The minimum atomic E-state index is 0.560. The molecule has 2 rings (SSSR count). The van der Waals surface area contributed by atoms with Gasteiger partial charge in [-0.15, -0.1) is 0 Å². The minimum Gasteiger partial charge on any atom is -0.253 e. The molecule has 0 amide bonds. The molecule has 3 heteroatoms. The Kier molecular flexibility index (Phi) is 3.17. The van der Waals surface area contributed by atoms with Gasteiger partial charge in [0.2, 0.25) is 0 Å². The SMILES string of the molecule is C=C(Cl)Cc1c(C)nc2ccccc2c1Cl. The van der Waals surface area contributed by atoms with E-state index in [-0.39, 0.29) is 0 Å². The smallest absolute Gasteiger partial charge is 0.0720 e. The molecule has 82 valence electrons. The molecule has 0 atom stereocenters. The molecular weight excluding hydrogens is 241 g/mol. The molecule has 0 fully saturated rings. The fraction of sp³-hybridized carbons (Fsp3) is 0.154. The van der Waals surface area contributed by atoms with E-state index < -0.39 is 0 Å². The number of pyridine rings is 1. The summed E-state index contributed by atoms with van der Waals surface area (Å²) in [5.74, 6) is 0. The van der Waals surface area contributed by atoms with Crippen molar-refractivity contribution in [2.24, 2.45) is 0 Å². The van der Waals surface area contributed by atoms with Crippen LogP contribution >= 0.6 is 23.2 Å². The summed E-state index contributed by atoms with van der Waals surface area (Å²) in [4.78, 5) is 4.51. The summed E-state index contributed by atoms with van der Waals surface area (Å²) >= 11 is 12.2. The van der Waals surface area contributed by atoms with Crippen LogP contribution in [0.2, 0.25) is 5.02 Å². The number of halogens is 2. The summed E-state index contributed by atoms with van der Waals surface area (Å²) in [5.41, 5.74) is 2.78. The summed E-state index contributed by atoms with van der Waals surface area (Å²) in [6.07, 6.45) is 0.560. The number of aromatic nitrogens is 1. The van der Waals surface area contributed by atoms with Gasteiger partial charge >= 0.3 is 0 Å². The van der Waals surface area contributed by atoms with Gasteiger partial charge in [-0.2, -0.15) is 0 Å². The molecule has 0 spiro atoms. The predicted molar refractivity (Wildman–Crippen MR) is 70.2 cm³/mol. The zero-order valence-corrected chi connectivity index (χ0v) is 10.4. The van der Waals surface area contributed by atoms with E-state index in [0.717, 1.165) is 27.2 Å². The van der Waals surface area contributed by atoms with Crippen LogP contribution in [0.3, 0.4) is 0 Å². The van der Waals surface area contributed by atoms with Gasteiger partial charge in [0, 0.05) is 22.5 Å². The van der Waals surface area contributed by atoms with Crippen molar-refractivity contribution >= 4 is 34.1 Å². The first-order valence-corrected chi connectivity index (χ1v) is 5.72. The molecule has 0 aliphatic carbocycles. The Labute approximate surface area is 105 Å². The Hall–Kier alpha value is -1.05. The summed E-state index contributed by atoms with van der Waals surface area (Å²) in [6.45, 7) is 5.63. The molecule has 0 bridgehead atoms. The highest BCUT2D eigenvalue weighted by Crippen LogP contribution is 2.29. The molecule has 0 radical (unpaired) electrons. The van der Waals surface area contributed by atoms with E-state index in [1.807, 2.05) is 31.2 Å². The van der Waals surface area contributed by atoms with Crippen molar-refractivity contribution in [3.8, 4) is 0 Å². The summed E-state index contributed by atoms with van der Waals surface area (Å²) in [6, 6.07) is 7.81. The topological polar surface area (TPSA) is 12.9 Å². The fourth-order valence-electron chi connectivity index (χ4n) is 1.72. The lowest BCUT2D eigenvalue weighted by Crippen LogP contribution is -1.96. The average Bonchev–Trinajstić information content (AvgIpc) is 2.24. The molecule has 2 aromatic rings. The third-order valence-corrected chi connectivity index (χ3v) is 3.06. The van der Waals surface area contributed by atoms with Crippen molar-refractivity contribution in [3.05, 3.63) is 52.2 Å². The molecule has 1 aromatic heterocycles. The highest BCUT2D eigenvalue weighted by atomic mass is 35.5. The van der Waals surface area contributed by atoms with E-state index >= 15 is 0 Å². The van der Waals surface area contributed by atoms with Crippen LogP contribution in [0.5, 0.6) is 0 Å². The van der Waals surface area contributed by atoms with Crippen LogP contribution in [0, 0.1) is 6.92 Å². The quantitative estimate of drug-likeness (QED) is 0.767. The predicted octanol–water partition coefficient (Wildman–Crippen LogP) is 4.49. The lowest BCUT2D eigenvalue weighted by molar-refractivity contribution is 1.13. The second-order valence-corrected chi connectivity index (χ2v) is 4.61. The molecule has 0 saturated heterocycles. The van der Waals surface area contributed by atoms with Gasteiger partial charge in [0.1, 0.15) is 0 Å². The normalized spacial score (nSPS) is 10.7. The first-order valence-electron chi connectivity index (χ1n) is 4.96. The maximum atomic E-state index is 6.35. The van der Waals surface area contributed by atoms with Crippen molar-refractivity contribution in [1.29, 1.82) is 0 Å². The Morgan fingerprint density at radius 1 is 1.38 bits per heavy atom. The number of hydrogen-bond acceptors (Lipinski definition) is 1. The fourth-order valence-corrected chi connectivity index (χ4v) is 2.22.